The highest BCUT2D eigenvalue weighted by atomic mass is 16.5. The highest BCUT2D eigenvalue weighted by molar-refractivity contribution is 6.02. The molecule has 3 aromatic carbocycles. The van der Waals surface area contributed by atoms with Gasteiger partial charge in [0, 0.05) is 12.7 Å². The quantitative estimate of drug-likeness (QED) is 0.407. The van der Waals surface area contributed by atoms with Crippen molar-refractivity contribution in [2.24, 2.45) is 0 Å². The van der Waals surface area contributed by atoms with E-state index in [1.54, 1.807) is 35.6 Å². The summed E-state index contributed by atoms with van der Waals surface area (Å²) in [6, 6.07) is 23.8. The number of fused-ring (bicyclic) bond motifs is 1. The molecule has 1 aliphatic rings. The van der Waals surface area contributed by atoms with Gasteiger partial charge >= 0.3 is 5.97 Å². The van der Waals surface area contributed by atoms with Crippen molar-refractivity contribution in [2.75, 3.05) is 18.6 Å². The van der Waals surface area contributed by atoms with Gasteiger partial charge < -0.3 is 14.0 Å². The van der Waals surface area contributed by atoms with Gasteiger partial charge in [-0.05, 0) is 28.8 Å². The van der Waals surface area contributed by atoms with Gasteiger partial charge in [-0.1, -0.05) is 60.7 Å². The van der Waals surface area contributed by atoms with Crippen LogP contribution in [0.3, 0.4) is 0 Å². The van der Waals surface area contributed by atoms with Crippen molar-refractivity contribution >= 4 is 17.6 Å². The van der Waals surface area contributed by atoms with Crippen LogP contribution in [-0.4, -0.2) is 35.1 Å². The fraction of sp³-hybridized carbons (Fsp3) is 0.148. The van der Waals surface area contributed by atoms with Gasteiger partial charge in [0.05, 0.1) is 31.4 Å². The number of carbonyl (C=O) groups excluding carboxylic acids is 2. The minimum atomic E-state index is -0.504. The maximum Gasteiger partial charge on any atom is 0.341 e. The summed E-state index contributed by atoms with van der Waals surface area (Å²) < 4.78 is 12.5. The standard InChI is InChI=1S/C27H23N3O4/c1-33-27(32)23-8-5-9-24-26(23)34-17-25(31)30(24)16-22-14-28-18-29(22)15-19-10-12-21(13-11-19)20-6-3-2-4-7-20/h2-14,18H,15-17H2,1H3. The van der Waals surface area contributed by atoms with Crippen molar-refractivity contribution in [3.05, 3.63) is 102 Å². The molecule has 0 fully saturated rings. The summed E-state index contributed by atoms with van der Waals surface area (Å²) in [6.45, 7) is 0.788. The number of esters is 1. The average molecular weight is 453 g/mol. The van der Waals surface area contributed by atoms with Crippen molar-refractivity contribution in [2.45, 2.75) is 13.1 Å². The molecule has 0 saturated carbocycles. The Hall–Kier alpha value is -4.39. The number of aromatic nitrogens is 2. The SMILES string of the molecule is COC(=O)c1cccc2c1OCC(=O)N2Cc1cncn1Cc1ccc(-c2ccccc2)cc1. The van der Waals surface area contributed by atoms with Gasteiger partial charge in [0.25, 0.3) is 5.91 Å². The maximum atomic E-state index is 12.7. The molecular weight excluding hydrogens is 430 g/mol. The van der Waals surface area contributed by atoms with Gasteiger partial charge in [-0.15, -0.1) is 0 Å². The molecule has 5 rings (SSSR count). The summed E-state index contributed by atoms with van der Waals surface area (Å²) >= 11 is 0. The van der Waals surface area contributed by atoms with Gasteiger partial charge in [0.1, 0.15) is 5.56 Å². The third kappa shape index (κ3) is 4.15. The van der Waals surface area contributed by atoms with Crippen LogP contribution >= 0.6 is 0 Å². The van der Waals surface area contributed by atoms with Gasteiger partial charge in [0.15, 0.2) is 12.4 Å². The van der Waals surface area contributed by atoms with Gasteiger partial charge in [-0.25, -0.2) is 9.78 Å². The molecule has 0 spiro atoms. The van der Waals surface area contributed by atoms with E-state index in [1.165, 1.54) is 12.7 Å². The van der Waals surface area contributed by atoms with Crippen LogP contribution < -0.4 is 9.64 Å². The zero-order chi connectivity index (χ0) is 23.5. The van der Waals surface area contributed by atoms with E-state index in [1.807, 2.05) is 22.8 Å². The van der Waals surface area contributed by atoms with Crippen LogP contribution in [-0.2, 0) is 22.6 Å². The molecule has 0 bridgehead atoms. The maximum absolute atomic E-state index is 12.7. The van der Waals surface area contributed by atoms with Crippen LogP contribution in [0.4, 0.5) is 5.69 Å². The number of benzene rings is 3. The van der Waals surface area contributed by atoms with Gasteiger partial charge in [-0.2, -0.15) is 0 Å². The molecule has 170 valence electrons. The molecule has 7 nitrogen and oxygen atoms in total. The van der Waals surface area contributed by atoms with Crippen LogP contribution in [0.25, 0.3) is 11.1 Å². The molecule has 34 heavy (non-hydrogen) atoms. The minimum Gasteiger partial charge on any atom is -0.481 e. The molecule has 0 atom stereocenters. The number of ether oxygens (including phenoxy) is 2. The van der Waals surface area contributed by atoms with Crippen molar-refractivity contribution in [1.82, 2.24) is 9.55 Å². The Labute approximate surface area is 197 Å². The fourth-order valence-electron chi connectivity index (χ4n) is 4.09. The van der Waals surface area contributed by atoms with E-state index in [0.717, 1.165) is 16.8 Å². The minimum absolute atomic E-state index is 0.143. The molecule has 0 N–H and O–H groups in total. The lowest BCUT2D eigenvalue weighted by Gasteiger charge is -2.30. The number of amides is 1. The topological polar surface area (TPSA) is 73.7 Å². The molecule has 0 unspecified atom stereocenters. The molecule has 1 aliphatic heterocycles. The summed E-state index contributed by atoms with van der Waals surface area (Å²) in [7, 11) is 1.32. The predicted molar refractivity (Wildman–Crippen MR) is 128 cm³/mol. The van der Waals surface area contributed by atoms with Crippen molar-refractivity contribution in [3.63, 3.8) is 0 Å². The number of carbonyl (C=O) groups is 2. The molecule has 2 heterocycles. The Kier molecular flexibility index (Phi) is 5.82. The first-order valence-corrected chi connectivity index (χ1v) is 10.9. The highest BCUT2D eigenvalue weighted by Crippen LogP contribution is 2.36. The van der Waals surface area contributed by atoms with Crippen LogP contribution in [0.5, 0.6) is 5.75 Å². The summed E-state index contributed by atoms with van der Waals surface area (Å²) in [5.74, 6) is -0.332. The lowest BCUT2D eigenvalue weighted by Crippen LogP contribution is -2.39. The van der Waals surface area contributed by atoms with Crippen molar-refractivity contribution in [1.29, 1.82) is 0 Å². The van der Waals surface area contributed by atoms with Crippen molar-refractivity contribution < 1.29 is 19.1 Å². The van der Waals surface area contributed by atoms with E-state index in [2.05, 4.69) is 41.4 Å². The summed E-state index contributed by atoms with van der Waals surface area (Å²) in [5, 5.41) is 0. The summed E-state index contributed by atoms with van der Waals surface area (Å²) in [6.07, 6.45) is 3.52. The summed E-state index contributed by atoms with van der Waals surface area (Å²) in [4.78, 5) is 30.8. The fourth-order valence-corrected chi connectivity index (χ4v) is 4.09. The Morgan fingerprint density at radius 2 is 1.74 bits per heavy atom. The van der Waals surface area contributed by atoms with Crippen LogP contribution in [0.2, 0.25) is 0 Å². The number of hydrogen-bond acceptors (Lipinski definition) is 5. The van der Waals surface area contributed by atoms with E-state index in [0.29, 0.717) is 30.1 Å². The van der Waals surface area contributed by atoms with E-state index in [9.17, 15) is 9.59 Å². The van der Waals surface area contributed by atoms with E-state index in [4.69, 9.17) is 9.47 Å². The Morgan fingerprint density at radius 3 is 2.50 bits per heavy atom. The second kappa shape index (κ2) is 9.23. The second-order valence-corrected chi connectivity index (χ2v) is 7.99. The molecule has 0 saturated heterocycles. The number of nitrogens with zero attached hydrogens (tertiary/aromatic N) is 3. The highest BCUT2D eigenvalue weighted by Gasteiger charge is 2.30. The second-order valence-electron chi connectivity index (χ2n) is 7.99. The van der Waals surface area contributed by atoms with Gasteiger partial charge in [0.2, 0.25) is 0 Å². The number of anilines is 1. The normalized spacial score (nSPS) is 12.7. The zero-order valence-corrected chi connectivity index (χ0v) is 18.7. The molecule has 1 amide bonds. The number of methoxy groups -OCH3 is 1. The van der Waals surface area contributed by atoms with Crippen LogP contribution in [0.1, 0.15) is 21.6 Å². The molecule has 7 heteroatoms. The van der Waals surface area contributed by atoms with Crippen molar-refractivity contribution in [3.8, 4) is 16.9 Å². The van der Waals surface area contributed by atoms with E-state index < -0.39 is 5.97 Å². The Morgan fingerprint density at radius 1 is 0.971 bits per heavy atom. The lowest BCUT2D eigenvalue weighted by molar-refractivity contribution is -0.121. The first-order chi connectivity index (χ1) is 16.6. The largest absolute Gasteiger partial charge is 0.481 e. The monoisotopic (exact) mass is 453 g/mol. The molecule has 0 radical (unpaired) electrons. The van der Waals surface area contributed by atoms with Crippen LogP contribution in [0, 0.1) is 0 Å². The Balaban J connectivity index is 1.38. The molecule has 1 aromatic heterocycles. The number of imidazole rings is 1. The van der Waals surface area contributed by atoms with E-state index >= 15 is 0 Å². The van der Waals surface area contributed by atoms with Crippen LogP contribution in [0.15, 0.2) is 85.3 Å². The smallest absolute Gasteiger partial charge is 0.341 e. The molecule has 0 aliphatic carbocycles. The average Bonchev–Trinajstić information content (AvgIpc) is 3.32. The Bertz CT molecular complexity index is 1330. The van der Waals surface area contributed by atoms with E-state index in [-0.39, 0.29) is 12.5 Å². The third-order valence-electron chi connectivity index (χ3n) is 5.86. The predicted octanol–water partition coefficient (Wildman–Crippen LogP) is 4.31. The zero-order valence-electron chi connectivity index (χ0n) is 18.7. The molecular formula is C27H23N3O4. The molecule has 4 aromatic rings. The number of hydrogen-bond donors (Lipinski definition) is 0. The first kappa shape index (κ1) is 21.5. The third-order valence-corrected chi connectivity index (χ3v) is 5.86. The number of rotatable bonds is 6. The lowest BCUT2D eigenvalue weighted by atomic mass is 10.0. The van der Waals surface area contributed by atoms with Gasteiger partial charge in [-0.3, -0.25) is 9.69 Å². The first-order valence-electron chi connectivity index (χ1n) is 10.9. The number of para-hydroxylation sites is 1. The summed E-state index contributed by atoms with van der Waals surface area (Å²) in [5.41, 5.74) is 5.17.